The molecule has 4 N–H and O–H groups in total. The van der Waals surface area contributed by atoms with Crippen LogP contribution in [0.15, 0.2) is 23.8 Å². The van der Waals surface area contributed by atoms with E-state index in [2.05, 4.69) is 6.58 Å². The lowest BCUT2D eigenvalue weighted by molar-refractivity contribution is -0.114. The third kappa shape index (κ3) is 3.20. The van der Waals surface area contributed by atoms with Crippen molar-refractivity contribution in [3.63, 3.8) is 0 Å². The molecule has 0 rings (SSSR count). The summed E-state index contributed by atoms with van der Waals surface area (Å²) in [6.45, 7) is 4.80. The van der Waals surface area contributed by atoms with E-state index in [-0.39, 0.29) is 11.1 Å². The zero-order valence-corrected chi connectivity index (χ0v) is 6.26. The Morgan fingerprint density at radius 3 is 2.00 bits per heavy atom. The first-order valence-electron chi connectivity index (χ1n) is 2.92. The molecular weight excluding hydrogens is 144 g/mol. The van der Waals surface area contributed by atoms with Gasteiger partial charge in [-0.15, -0.1) is 0 Å². The molecule has 0 aliphatic carbocycles. The molecule has 0 atom stereocenters. The Labute approximate surface area is 64.6 Å². The fourth-order valence-corrected chi connectivity index (χ4v) is 0.404. The van der Waals surface area contributed by atoms with Crippen LogP contribution in [0.4, 0.5) is 0 Å². The number of carbonyl (C=O) groups is 2. The van der Waals surface area contributed by atoms with Crippen LogP contribution in [-0.4, -0.2) is 11.8 Å². The van der Waals surface area contributed by atoms with Crippen molar-refractivity contribution in [2.75, 3.05) is 0 Å². The van der Waals surface area contributed by atoms with E-state index in [0.29, 0.717) is 0 Å². The van der Waals surface area contributed by atoms with Crippen molar-refractivity contribution in [3.05, 3.63) is 23.8 Å². The van der Waals surface area contributed by atoms with Crippen LogP contribution in [0.3, 0.4) is 0 Å². The highest BCUT2D eigenvalue weighted by atomic mass is 16.1. The first-order chi connectivity index (χ1) is 4.95. The van der Waals surface area contributed by atoms with E-state index < -0.39 is 11.8 Å². The van der Waals surface area contributed by atoms with Crippen LogP contribution < -0.4 is 11.5 Å². The molecule has 0 aromatic rings. The van der Waals surface area contributed by atoms with Crippen molar-refractivity contribution < 1.29 is 9.59 Å². The van der Waals surface area contributed by atoms with Crippen LogP contribution in [0.25, 0.3) is 0 Å². The summed E-state index contributed by atoms with van der Waals surface area (Å²) in [5.74, 6) is -1.25. The van der Waals surface area contributed by atoms with Crippen molar-refractivity contribution in [2.24, 2.45) is 11.5 Å². The van der Waals surface area contributed by atoms with E-state index >= 15 is 0 Å². The number of nitrogens with two attached hydrogens (primary N) is 2. The van der Waals surface area contributed by atoms with Crippen LogP contribution in [-0.2, 0) is 9.59 Å². The van der Waals surface area contributed by atoms with Crippen LogP contribution >= 0.6 is 0 Å². The second-order valence-corrected chi connectivity index (χ2v) is 2.08. The van der Waals surface area contributed by atoms with Gasteiger partial charge in [-0.3, -0.25) is 9.59 Å². The summed E-state index contributed by atoms with van der Waals surface area (Å²) in [5, 5.41) is 0. The first kappa shape index (κ1) is 9.42. The van der Waals surface area contributed by atoms with Crippen LogP contribution in [0.5, 0.6) is 0 Å². The van der Waals surface area contributed by atoms with Gasteiger partial charge in [0.15, 0.2) is 0 Å². The van der Waals surface area contributed by atoms with Crippen molar-refractivity contribution in [1.82, 2.24) is 0 Å². The van der Waals surface area contributed by atoms with E-state index in [1.54, 1.807) is 0 Å². The van der Waals surface area contributed by atoms with Crippen LogP contribution in [0.1, 0.15) is 6.92 Å². The van der Waals surface area contributed by atoms with Gasteiger partial charge in [-0.25, -0.2) is 0 Å². The minimum absolute atomic E-state index is 0.0706. The molecule has 0 bridgehead atoms. The molecule has 0 spiro atoms. The molecule has 0 aliphatic rings. The molecule has 60 valence electrons. The SMILES string of the molecule is C=C(/C=C(\C)C(N)=O)C(N)=O. The van der Waals surface area contributed by atoms with E-state index in [9.17, 15) is 9.59 Å². The quantitative estimate of drug-likeness (QED) is 0.422. The van der Waals surface area contributed by atoms with E-state index in [4.69, 9.17) is 11.5 Å². The fraction of sp³-hybridized carbons (Fsp3) is 0.143. The highest BCUT2D eigenvalue weighted by molar-refractivity contribution is 5.98. The predicted octanol–water partition coefficient (Wildman–Crippen LogP) is -0.540. The fourth-order valence-electron chi connectivity index (χ4n) is 0.404. The summed E-state index contributed by atoms with van der Waals surface area (Å²) in [5.41, 5.74) is 10.1. The molecule has 0 saturated carbocycles. The molecule has 0 unspecified atom stereocenters. The van der Waals surface area contributed by atoms with Crippen molar-refractivity contribution >= 4 is 11.8 Å². The van der Waals surface area contributed by atoms with Gasteiger partial charge in [0.1, 0.15) is 0 Å². The van der Waals surface area contributed by atoms with Crippen molar-refractivity contribution in [2.45, 2.75) is 6.92 Å². The minimum atomic E-state index is -0.661. The number of hydrogen-bond donors (Lipinski definition) is 2. The molecular formula is C7H10N2O2. The normalized spacial score (nSPS) is 10.8. The molecule has 2 amide bonds. The third-order valence-electron chi connectivity index (χ3n) is 1.10. The highest BCUT2D eigenvalue weighted by Crippen LogP contribution is 1.97. The average molecular weight is 154 g/mol. The van der Waals surface area contributed by atoms with Gasteiger partial charge in [0.05, 0.1) is 0 Å². The Morgan fingerprint density at radius 2 is 1.73 bits per heavy atom. The number of hydrogen-bond acceptors (Lipinski definition) is 2. The highest BCUT2D eigenvalue weighted by Gasteiger charge is 2.01. The zero-order valence-electron chi connectivity index (χ0n) is 6.26. The van der Waals surface area contributed by atoms with Crippen LogP contribution in [0.2, 0.25) is 0 Å². The number of amides is 2. The lowest BCUT2D eigenvalue weighted by Gasteiger charge is -1.94. The molecule has 0 radical (unpaired) electrons. The minimum Gasteiger partial charge on any atom is -0.366 e. The Morgan fingerprint density at radius 1 is 1.27 bits per heavy atom. The largest absolute Gasteiger partial charge is 0.366 e. The Balaban J connectivity index is 4.44. The van der Waals surface area contributed by atoms with Crippen molar-refractivity contribution in [1.29, 1.82) is 0 Å². The summed E-state index contributed by atoms with van der Waals surface area (Å²) < 4.78 is 0. The molecule has 0 fully saturated rings. The molecule has 4 heteroatoms. The summed E-state index contributed by atoms with van der Waals surface area (Å²) in [6.07, 6.45) is 1.25. The standard InChI is InChI=1S/C7H10N2O2/c1-4(6(8)10)3-5(2)7(9)11/h3H,1H2,2H3,(H2,8,10)(H2,9,11)/b5-3+. The smallest absolute Gasteiger partial charge is 0.248 e. The van der Waals surface area contributed by atoms with Gasteiger partial charge in [-0.05, 0) is 13.0 Å². The topological polar surface area (TPSA) is 86.2 Å². The van der Waals surface area contributed by atoms with Gasteiger partial charge in [0, 0.05) is 11.1 Å². The molecule has 0 aromatic carbocycles. The lowest BCUT2D eigenvalue weighted by atomic mass is 10.2. The Hall–Kier alpha value is -1.58. The summed E-state index contributed by atoms with van der Waals surface area (Å²) in [6, 6.07) is 0. The Bertz CT molecular complexity index is 241. The number of primary amides is 2. The average Bonchev–Trinajstić information content (AvgIpc) is 1.87. The molecule has 0 saturated heterocycles. The van der Waals surface area contributed by atoms with Gasteiger partial charge in [-0.2, -0.15) is 0 Å². The maximum Gasteiger partial charge on any atom is 0.248 e. The van der Waals surface area contributed by atoms with Gasteiger partial charge in [-0.1, -0.05) is 6.58 Å². The number of rotatable bonds is 3. The molecule has 0 aliphatic heterocycles. The summed E-state index contributed by atoms with van der Waals surface area (Å²) >= 11 is 0. The maximum absolute atomic E-state index is 10.4. The van der Waals surface area contributed by atoms with Gasteiger partial charge < -0.3 is 11.5 Å². The molecule has 0 aromatic heterocycles. The molecule has 0 heterocycles. The monoisotopic (exact) mass is 154 g/mol. The maximum atomic E-state index is 10.4. The van der Waals surface area contributed by atoms with Gasteiger partial charge in [0.2, 0.25) is 11.8 Å². The van der Waals surface area contributed by atoms with Crippen LogP contribution in [0, 0.1) is 0 Å². The van der Waals surface area contributed by atoms with Crippen molar-refractivity contribution in [3.8, 4) is 0 Å². The second-order valence-electron chi connectivity index (χ2n) is 2.08. The third-order valence-corrected chi connectivity index (χ3v) is 1.10. The second kappa shape index (κ2) is 3.55. The summed E-state index contributed by atoms with van der Waals surface area (Å²) in [4.78, 5) is 20.8. The van der Waals surface area contributed by atoms with E-state index in [1.165, 1.54) is 13.0 Å². The first-order valence-corrected chi connectivity index (χ1v) is 2.92. The number of carbonyl (C=O) groups excluding carboxylic acids is 2. The van der Waals surface area contributed by atoms with E-state index in [1.807, 2.05) is 0 Å². The lowest BCUT2D eigenvalue weighted by Crippen LogP contribution is -2.15. The van der Waals surface area contributed by atoms with Gasteiger partial charge in [0.25, 0.3) is 0 Å². The molecule has 11 heavy (non-hydrogen) atoms. The summed E-state index contributed by atoms with van der Waals surface area (Å²) in [7, 11) is 0. The predicted molar refractivity (Wildman–Crippen MR) is 41.3 cm³/mol. The van der Waals surface area contributed by atoms with Gasteiger partial charge >= 0.3 is 0 Å². The van der Waals surface area contributed by atoms with E-state index in [0.717, 1.165) is 0 Å². The molecule has 4 nitrogen and oxygen atoms in total. The zero-order chi connectivity index (χ0) is 9.02. The Kier molecular flexibility index (Phi) is 3.04.